The highest BCUT2D eigenvalue weighted by atomic mass is 16.5. The Bertz CT molecular complexity index is 384. The molecule has 5 nitrogen and oxygen atoms in total. The summed E-state index contributed by atoms with van der Waals surface area (Å²) in [4.78, 5) is 11.9. The van der Waals surface area contributed by atoms with E-state index in [0.29, 0.717) is 12.6 Å². The first kappa shape index (κ1) is 14.9. The van der Waals surface area contributed by atoms with Crippen molar-refractivity contribution in [3.05, 3.63) is 24.2 Å². The van der Waals surface area contributed by atoms with Gasteiger partial charge in [-0.25, -0.2) is 4.79 Å². The van der Waals surface area contributed by atoms with Crippen LogP contribution in [0.25, 0.3) is 0 Å². The molecule has 1 atom stereocenters. The van der Waals surface area contributed by atoms with Gasteiger partial charge in [-0.15, -0.1) is 0 Å². The molecular weight excluding hydrogens is 256 g/mol. The zero-order valence-corrected chi connectivity index (χ0v) is 12.1. The monoisotopic (exact) mass is 280 g/mol. The lowest BCUT2D eigenvalue weighted by Crippen LogP contribution is -2.43. The van der Waals surface area contributed by atoms with Gasteiger partial charge in [0, 0.05) is 13.2 Å². The van der Waals surface area contributed by atoms with E-state index in [0.717, 1.165) is 18.6 Å². The van der Waals surface area contributed by atoms with Crippen molar-refractivity contribution in [2.45, 2.75) is 50.7 Å². The number of carbonyl (C=O) groups excluding carboxylic acids is 1. The number of methoxy groups -OCH3 is 1. The maximum Gasteiger partial charge on any atom is 0.315 e. The van der Waals surface area contributed by atoms with E-state index in [-0.39, 0.29) is 12.1 Å². The number of amides is 2. The first-order chi connectivity index (χ1) is 9.79. The van der Waals surface area contributed by atoms with E-state index >= 15 is 0 Å². The molecule has 0 aliphatic heterocycles. The lowest BCUT2D eigenvalue weighted by Gasteiger charge is -2.18. The number of nitrogens with one attached hydrogen (secondary N) is 2. The average molecular weight is 280 g/mol. The fourth-order valence-electron chi connectivity index (χ4n) is 2.62. The molecule has 20 heavy (non-hydrogen) atoms. The Kier molecular flexibility index (Phi) is 5.92. The lowest BCUT2D eigenvalue weighted by molar-refractivity contribution is 0.0849. The molecule has 0 spiro atoms. The largest absolute Gasteiger partial charge is 0.467 e. The molecule has 112 valence electrons. The van der Waals surface area contributed by atoms with Gasteiger partial charge in [-0.05, 0) is 25.0 Å². The van der Waals surface area contributed by atoms with Crippen LogP contribution in [0.15, 0.2) is 22.8 Å². The van der Waals surface area contributed by atoms with E-state index in [2.05, 4.69) is 10.6 Å². The van der Waals surface area contributed by atoms with Gasteiger partial charge in [0.05, 0.1) is 12.8 Å². The van der Waals surface area contributed by atoms with Crippen LogP contribution in [0.3, 0.4) is 0 Å². The van der Waals surface area contributed by atoms with Gasteiger partial charge in [0.15, 0.2) is 0 Å². The Morgan fingerprint density at radius 1 is 1.40 bits per heavy atom. The molecule has 2 rings (SSSR count). The minimum Gasteiger partial charge on any atom is -0.467 e. The van der Waals surface area contributed by atoms with E-state index in [1.807, 2.05) is 12.1 Å². The maximum absolute atomic E-state index is 11.9. The topological polar surface area (TPSA) is 63.5 Å². The second kappa shape index (κ2) is 7.94. The third-order valence-electron chi connectivity index (χ3n) is 3.78. The zero-order valence-electron chi connectivity index (χ0n) is 12.1. The van der Waals surface area contributed by atoms with Crippen LogP contribution in [0.4, 0.5) is 4.79 Å². The predicted octanol–water partition coefficient (Wildman–Crippen LogP) is 2.99. The first-order valence-electron chi connectivity index (χ1n) is 7.40. The van der Waals surface area contributed by atoms with Gasteiger partial charge in [0.1, 0.15) is 11.9 Å². The predicted molar refractivity (Wildman–Crippen MR) is 76.5 cm³/mol. The molecule has 0 saturated heterocycles. The molecule has 1 aromatic heterocycles. The number of ether oxygens (including phenoxy) is 1. The molecule has 5 heteroatoms. The molecule has 2 amide bonds. The van der Waals surface area contributed by atoms with E-state index < -0.39 is 0 Å². The van der Waals surface area contributed by atoms with Gasteiger partial charge in [0.2, 0.25) is 0 Å². The van der Waals surface area contributed by atoms with Crippen molar-refractivity contribution in [1.29, 1.82) is 0 Å². The highest BCUT2D eigenvalue weighted by Crippen LogP contribution is 2.17. The van der Waals surface area contributed by atoms with E-state index in [1.165, 1.54) is 25.7 Å². The number of furan rings is 1. The molecule has 1 unspecified atom stereocenters. The normalized spacial score (nSPS) is 18.2. The molecule has 2 N–H and O–H groups in total. The van der Waals surface area contributed by atoms with Crippen LogP contribution in [-0.4, -0.2) is 25.7 Å². The highest BCUT2D eigenvalue weighted by molar-refractivity contribution is 5.74. The van der Waals surface area contributed by atoms with Crippen LogP contribution in [0.1, 0.15) is 50.4 Å². The van der Waals surface area contributed by atoms with Crippen molar-refractivity contribution in [3.63, 3.8) is 0 Å². The second-order valence-corrected chi connectivity index (χ2v) is 5.28. The zero-order chi connectivity index (χ0) is 14.2. The smallest absolute Gasteiger partial charge is 0.315 e. The van der Waals surface area contributed by atoms with Crippen LogP contribution in [0, 0.1) is 0 Å². The fraction of sp³-hybridized carbons (Fsp3) is 0.667. The second-order valence-electron chi connectivity index (χ2n) is 5.28. The van der Waals surface area contributed by atoms with Gasteiger partial charge >= 0.3 is 6.03 Å². The summed E-state index contributed by atoms with van der Waals surface area (Å²) in [5.74, 6) is 0.724. The SMILES string of the molecule is COC(CNC(=O)NC1CCCCCC1)c1ccco1. The number of carbonyl (C=O) groups is 1. The highest BCUT2D eigenvalue weighted by Gasteiger charge is 2.17. The van der Waals surface area contributed by atoms with Crippen molar-refractivity contribution >= 4 is 6.03 Å². The summed E-state index contributed by atoms with van der Waals surface area (Å²) < 4.78 is 10.6. The Balaban J connectivity index is 1.73. The number of hydrogen-bond acceptors (Lipinski definition) is 3. The Morgan fingerprint density at radius 3 is 2.75 bits per heavy atom. The van der Waals surface area contributed by atoms with Gasteiger partial charge in [-0.2, -0.15) is 0 Å². The van der Waals surface area contributed by atoms with Gasteiger partial charge in [0.25, 0.3) is 0 Å². The summed E-state index contributed by atoms with van der Waals surface area (Å²) in [7, 11) is 1.61. The van der Waals surface area contributed by atoms with Crippen LogP contribution >= 0.6 is 0 Å². The summed E-state index contributed by atoms with van der Waals surface area (Å²) in [6.45, 7) is 0.405. The van der Waals surface area contributed by atoms with E-state index in [4.69, 9.17) is 9.15 Å². The first-order valence-corrected chi connectivity index (χ1v) is 7.40. The minimum atomic E-state index is -0.245. The van der Waals surface area contributed by atoms with Crippen molar-refractivity contribution < 1.29 is 13.9 Å². The summed E-state index contributed by atoms with van der Waals surface area (Å²) in [5, 5.41) is 5.90. The number of rotatable bonds is 5. The van der Waals surface area contributed by atoms with Gasteiger partial charge in [-0.1, -0.05) is 25.7 Å². The van der Waals surface area contributed by atoms with Gasteiger partial charge < -0.3 is 19.8 Å². The number of hydrogen-bond donors (Lipinski definition) is 2. The van der Waals surface area contributed by atoms with Gasteiger partial charge in [-0.3, -0.25) is 0 Å². The fourth-order valence-corrected chi connectivity index (χ4v) is 2.62. The van der Waals surface area contributed by atoms with E-state index in [1.54, 1.807) is 13.4 Å². The van der Waals surface area contributed by atoms with Crippen molar-refractivity contribution in [2.75, 3.05) is 13.7 Å². The molecule has 1 heterocycles. The Hall–Kier alpha value is -1.49. The van der Waals surface area contributed by atoms with Crippen LogP contribution in [-0.2, 0) is 4.74 Å². The standard InChI is InChI=1S/C15H24N2O3/c1-19-14(13-9-6-10-20-13)11-16-15(18)17-12-7-4-2-3-5-8-12/h6,9-10,12,14H,2-5,7-8,11H2,1H3,(H2,16,17,18). The Morgan fingerprint density at radius 2 is 2.15 bits per heavy atom. The van der Waals surface area contributed by atoms with Crippen LogP contribution in [0.2, 0.25) is 0 Å². The summed E-state index contributed by atoms with van der Waals surface area (Å²) >= 11 is 0. The lowest BCUT2D eigenvalue weighted by atomic mass is 10.1. The maximum atomic E-state index is 11.9. The molecule has 1 aliphatic rings. The van der Waals surface area contributed by atoms with Crippen LogP contribution in [0.5, 0.6) is 0 Å². The molecule has 0 bridgehead atoms. The summed E-state index contributed by atoms with van der Waals surface area (Å²) in [5.41, 5.74) is 0. The van der Waals surface area contributed by atoms with E-state index in [9.17, 15) is 4.79 Å². The third-order valence-corrected chi connectivity index (χ3v) is 3.78. The minimum absolute atomic E-state index is 0.120. The summed E-state index contributed by atoms with van der Waals surface area (Å²) in [6.07, 6.45) is 8.50. The molecule has 1 saturated carbocycles. The van der Waals surface area contributed by atoms with Crippen molar-refractivity contribution in [2.24, 2.45) is 0 Å². The molecule has 0 aromatic carbocycles. The van der Waals surface area contributed by atoms with Crippen molar-refractivity contribution in [3.8, 4) is 0 Å². The van der Waals surface area contributed by atoms with Crippen LogP contribution < -0.4 is 10.6 Å². The quantitative estimate of drug-likeness (QED) is 0.815. The molecule has 1 aromatic rings. The molecule has 1 aliphatic carbocycles. The third kappa shape index (κ3) is 4.56. The van der Waals surface area contributed by atoms with Crippen molar-refractivity contribution in [1.82, 2.24) is 10.6 Å². The Labute approximate surface area is 120 Å². The molecule has 1 fully saturated rings. The average Bonchev–Trinajstić information content (AvgIpc) is 2.85. The summed E-state index contributed by atoms with van der Waals surface area (Å²) in [6, 6.07) is 3.85. The number of urea groups is 1. The molecular formula is C15H24N2O3. The molecule has 0 radical (unpaired) electrons.